The highest BCUT2D eigenvalue weighted by atomic mass is 16.5. The van der Waals surface area contributed by atoms with Gasteiger partial charge in [-0.25, -0.2) is 4.98 Å². The fraction of sp³-hybridized carbons (Fsp3) is 0.545. The topological polar surface area (TPSA) is 104 Å². The normalized spacial score (nSPS) is 10.1. The number of aromatic nitrogens is 2. The van der Waals surface area contributed by atoms with E-state index in [0.29, 0.717) is 18.8 Å². The van der Waals surface area contributed by atoms with Crippen molar-refractivity contribution >= 4 is 11.8 Å². The van der Waals surface area contributed by atoms with Gasteiger partial charge in [-0.3, -0.25) is 9.59 Å². The second kappa shape index (κ2) is 7.31. The fourth-order valence-electron chi connectivity index (χ4n) is 1.49. The number of hydrogen-bond donors (Lipinski definition) is 3. The van der Waals surface area contributed by atoms with Crippen molar-refractivity contribution in [3.8, 4) is 5.75 Å². The minimum atomic E-state index is -0.777. The molecule has 1 aromatic heterocycles. The maximum Gasteiger partial charge on any atom is 0.303 e. The number of unbranched alkanes of at least 4 members (excludes halogenated alkanes) is 2. The van der Waals surface area contributed by atoms with Crippen molar-refractivity contribution < 1.29 is 14.6 Å². The lowest BCUT2D eigenvalue weighted by molar-refractivity contribution is -0.137. The third-order valence-electron chi connectivity index (χ3n) is 2.37. The molecule has 0 radical (unpaired) electrons. The van der Waals surface area contributed by atoms with E-state index in [1.54, 1.807) is 0 Å². The van der Waals surface area contributed by atoms with E-state index in [9.17, 15) is 9.59 Å². The molecule has 0 aliphatic heterocycles. The predicted molar refractivity (Wildman–Crippen MR) is 66.0 cm³/mol. The van der Waals surface area contributed by atoms with Crippen LogP contribution < -0.4 is 15.6 Å². The van der Waals surface area contributed by atoms with Crippen molar-refractivity contribution in [2.24, 2.45) is 0 Å². The summed E-state index contributed by atoms with van der Waals surface area (Å²) in [4.78, 5) is 28.0. The molecule has 0 bridgehead atoms. The number of aliphatic carboxylic acids is 1. The van der Waals surface area contributed by atoms with Crippen LogP contribution in [0.5, 0.6) is 5.75 Å². The molecule has 0 amide bonds. The van der Waals surface area contributed by atoms with Crippen molar-refractivity contribution in [3.05, 3.63) is 16.7 Å². The Labute approximate surface area is 104 Å². The van der Waals surface area contributed by atoms with Crippen LogP contribution in [0.15, 0.2) is 11.1 Å². The zero-order valence-electron chi connectivity index (χ0n) is 10.2. The van der Waals surface area contributed by atoms with Crippen LogP contribution >= 0.6 is 0 Å². The summed E-state index contributed by atoms with van der Waals surface area (Å²) < 4.78 is 4.94. The van der Waals surface area contributed by atoms with Crippen LogP contribution in [-0.4, -0.2) is 34.7 Å². The zero-order chi connectivity index (χ0) is 13.4. The third kappa shape index (κ3) is 4.44. The van der Waals surface area contributed by atoms with Gasteiger partial charge in [-0.05, 0) is 12.8 Å². The molecule has 0 aliphatic carbocycles. The number of ether oxygens (including phenoxy) is 1. The van der Waals surface area contributed by atoms with Crippen molar-refractivity contribution in [1.29, 1.82) is 0 Å². The number of H-pyrrole nitrogens is 1. The lowest BCUT2D eigenvalue weighted by atomic mass is 10.2. The number of hydrogen-bond acceptors (Lipinski definition) is 5. The highest BCUT2D eigenvalue weighted by Crippen LogP contribution is 2.14. The van der Waals surface area contributed by atoms with Gasteiger partial charge < -0.3 is 20.1 Å². The summed E-state index contributed by atoms with van der Waals surface area (Å²) in [5.41, 5.74) is -0.333. The third-order valence-corrected chi connectivity index (χ3v) is 2.37. The van der Waals surface area contributed by atoms with Crippen molar-refractivity contribution in [2.45, 2.75) is 25.7 Å². The number of carboxylic acid groups (broad SMARTS) is 1. The van der Waals surface area contributed by atoms with Gasteiger partial charge in [0.2, 0.25) is 5.75 Å². The SMILES string of the molecule is COc1c(NCCCCCC(=O)O)nc[nH]c1=O. The van der Waals surface area contributed by atoms with Crippen molar-refractivity contribution in [2.75, 3.05) is 19.0 Å². The molecule has 100 valence electrons. The van der Waals surface area contributed by atoms with Crippen molar-refractivity contribution in [3.63, 3.8) is 0 Å². The number of nitrogens with one attached hydrogen (secondary N) is 2. The molecule has 0 fully saturated rings. The Morgan fingerprint density at radius 1 is 1.50 bits per heavy atom. The molecule has 0 spiro atoms. The summed E-state index contributed by atoms with van der Waals surface area (Å²) in [6.07, 6.45) is 3.76. The average molecular weight is 255 g/mol. The van der Waals surface area contributed by atoms with Gasteiger partial charge in [-0.2, -0.15) is 0 Å². The van der Waals surface area contributed by atoms with E-state index in [1.807, 2.05) is 0 Å². The molecule has 7 nitrogen and oxygen atoms in total. The van der Waals surface area contributed by atoms with Crippen LogP contribution in [0.25, 0.3) is 0 Å². The summed E-state index contributed by atoms with van der Waals surface area (Å²) in [5, 5.41) is 11.5. The standard InChI is InChI=1S/C11H17N3O4/c1-18-9-10(13-7-14-11(9)17)12-6-4-2-3-5-8(15)16/h7H,2-6H2,1H3,(H,15,16)(H2,12,13,14,17). The fourth-order valence-corrected chi connectivity index (χ4v) is 1.49. The number of methoxy groups -OCH3 is 1. The summed E-state index contributed by atoms with van der Waals surface area (Å²) in [6.45, 7) is 0.617. The van der Waals surface area contributed by atoms with Crippen LogP contribution in [0, 0.1) is 0 Å². The summed E-state index contributed by atoms with van der Waals surface area (Å²) >= 11 is 0. The van der Waals surface area contributed by atoms with E-state index in [4.69, 9.17) is 9.84 Å². The summed E-state index contributed by atoms with van der Waals surface area (Å²) in [7, 11) is 1.41. The van der Waals surface area contributed by atoms with Gasteiger partial charge in [0.25, 0.3) is 5.56 Å². The highest BCUT2D eigenvalue weighted by Gasteiger charge is 2.07. The highest BCUT2D eigenvalue weighted by molar-refractivity contribution is 5.66. The second-order valence-corrected chi connectivity index (χ2v) is 3.74. The number of rotatable bonds is 8. The van der Waals surface area contributed by atoms with Gasteiger partial charge in [0.15, 0.2) is 5.82 Å². The predicted octanol–water partition coefficient (Wildman–Crippen LogP) is 0.835. The molecular formula is C11H17N3O4. The van der Waals surface area contributed by atoms with Crippen LogP contribution in [-0.2, 0) is 4.79 Å². The molecule has 0 aliphatic rings. The molecule has 18 heavy (non-hydrogen) atoms. The smallest absolute Gasteiger partial charge is 0.303 e. The van der Waals surface area contributed by atoms with Gasteiger partial charge in [-0.1, -0.05) is 6.42 Å². The molecule has 1 rings (SSSR count). The minimum absolute atomic E-state index is 0.156. The van der Waals surface area contributed by atoms with Gasteiger partial charge in [0.1, 0.15) is 0 Å². The van der Waals surface area contributed by atoms with Gasteiger partial charge >= 0.3 is 5.97 Å². The maximum atomic E-state index is 11.4. The molecule has 7 heteroatoms. The molecule has 3 N–H and O–H groups in total. The lowest BCUT2D eigenvalue weighted by Crippen LogP contribution is -2.14. The molecule has 0 atom stereocenters. The summed E-state index contributed by atoms with van der Waals surface area (Å²) in [5.74, 6) is -0.219. The molecule has 0 unspecified atom stereocenters. The monoisotopic (exact) mass is 255 g/mol. The second-order valence-electron chi connectivity index (χ2n) is 3.74. The Hall–Kier alpha value is -2.05. The lowest BCUT2D eigenvalue weighted by Gasteiger charge is -2.08. The van der Waals surface area contributed by atoms with Crippen molar-refractivity contribution in [1.82, 2.24) is 9.97 Å². The maximum absolute atomic E-state index is 11.4. The quantitative estimate of drug-likeness (QED) is 0.594. The van der Waals surface area contributed by atoms with Crippen LogP contribution in [0.1, 0.15) is 25.7 Å². The van der Waals surface area contributed by atoms with E-state index < -0.39 is 5.97 Å². The van der Waals surface area contributed by atoms with E-state index in [2.05, 4.69) is 15.3 Å². The Bertz CT molecular complexity index is 444. The zero-order valence-corrected chi connectivity index (χ0v) is 10.2. The van der Waals surface area contributed by atoms with Gasteiger partial charge in [-0.15, -0.1) is 0 Å². The van der Waals surface area contributed by atoms with Gasteiger partial charge in [0, 0.05) is 13.0 Å². The number of carbonyl (C=O) groups is 1. The number of anilines is 1. The molecule has 0 saturated carbocycles. The average Bonchev–Trinajstić information content (AvgIpc) is 2.33. The van der Waals surface area contributed by atoms with Gasteiger partial charge in [0.05, 0.1) is 13.4 Å². The minimum Gasteiger partial charge on any atom is -0.489 e. The first-order valence-electron chi connectivity index (χ1n) is 5.72. The molecular weight excluding hydrogens is 238 g/mol. The largest absolute Gasteiger partial charge is 0.489 e. The van der Waals surface area contributed by atoms with E-state index >= 15 is 0 Å². The van der Waals surface area contributed by atoms with E-state index in [-0.39, 0.29) is 17.7 Å². The Morgan fingerprint density at radius 2 is 2.28 bits per heavy atom. The number of carboxylic acids is 1. The molecule has 0 saturated heterocycles. The first-order chi connectivity index (χ1) is 8.65. The summed E-state index contributed by atoms with van der Waals surface area (Å²) in [6, 6.07) is 0. The molecule has 1 heterocycles. The number of aromatic amines is 1. The van der Waals surface area contributed by atoms with Crippen LogP contribution in [0.4, 0.5) is 5.82 Å². The Kier molecular flexibility index (Phi) is 5.69. The first kappa shape index (κ1) is 14.0. The number of nitrogens with zero attached hydrogens (tertiary/aromatic N) is 1. The molecule has 0 aromatic carbocycles. The molecule has 1 aromatic rings. The van der Waals surface area contributed by atoms with E-state index in [0.717, 1.165) is 12.8 Å². The van der Waals surface area contributed by atoms with Crippen LogP contribution in [0.2, 0.25) is 0 Å². The Morgan fingerprint density at radius 3 is 2.94 bits per heavy atom. The first-order valence-corrected chi connectivity index (χ1v) is 5.72. The van der Waals surface area contributed by atoms with E-state index in [1.165, 1.54) is 13.4 Å². The Balaban J connectivity index is 2.33. The van der Waals surface area contributed by atoms with Crippen LogP contribution in [0.3, 0.4) is 0 Å².